The van der Waals surface area contributed by atoms with Crippen LogP contribution in [0.3, 0.4) is 0 Å². The van der Waals surface area contributed by atoms with Gasteiger partial charge in [-0.1, -0.05) is 35.6 Å². The van der Waals surface area contributed by atoms with Crippen molar-refractivity contribution in [2.45, 2.75) is 13.0 Å². The number of phenols is 1. The quantitative estimate of drug-likeness (QED) is 0.255. The number of aromatic nitrogens is 1. The third-order valence-electron chi connectivity index (χ3n) is 6.53. The van der Waals surface area contributed by atoms with Crippen LogP contribution in [0, 0.1) is 10.1 Å². The van der Waals surface area contributed by atoms with Crippen molar-refractivity contribution in [3.05, 3.63) is 119 Å². The highest BCUT2D eigenvalue weighted by molar-refractivity contribution is 7.07. The first-order chi connectivity index (χ1) is 19.7. The summed E-state index contributed by atoms with van der Waals surface area (Å²) < 4.78 is 12.7. The molecule has 1 aliphatic heterocycles. The Hall–Kier alpha value is -5.23. The predicted octanol–water partition coefficient (Wildman–Crippen LogP) is 3.50. The first-order valence-electron chi connectivity index (χ1n) is 12.3. The number of fused-ring (bicyclic) bond motifs is 1. The van der Waals surface area contributed by atoms with Crippen LogP contribution in [0.25, 0.3) is 6.08 Å². The number of para-hydroxylation sites is 1. The Balaban J connectivity index is 1.72. The van der Waals surface area contributed by atoms with Crippen molar-refractivity contribution >= 4 is 34.7 Å². The Bertz CT molecular complexity index is 1890. The molecule has 0 radical (unpaired) electrons. The van der Waals surface area contributed by atoms with Gasteiger partial charge in [0.05, 0.1) is 34.9 Å². The average Bonchev–Trinajstić information content (AvgIpc) is 3.27. The maximum Gasteiger partial charge on any atom is 0.311 e. The number of carbonyl (C=O) groups is 1. The number of aromatic hydroxyl groups is 1. The standard InChI is InChI=1S/C29H24N4O7S/c1-16-25(27(35)31-18-7-5-4-6-8-18)26(20-11-10-19(39-2)15-23(20)40-3)32-28(36)24(41-29(32)30-16)14-17-9-12-22(34)21(13-17)33(37)38/h4-15,26,34H,1-3H3,(H,31,35)/b24-14-/t26-/m1/s1. The number of benzene rings is 3. The van der Waals surface area contributed by atoms with Crippen molar-refractivity contribution in [3.8, 4) is 17.2 Å². The van der Waals surface area contributed by atoms with Gasteiger partial charge in [0, 0.05) is 23.4 Å². The summed E-state index contributed by atoms with van der Waals surface area (Å²) in [6.07, 6.45) is 1.49. The van der Waals surface area contributed by atoms with Crippen molar-refractivity contribution in [2.75, 3.05) is 19.5 Å². The number of methoxy groups -OCH3 is 2. The number of anilines is 1. The number of carbonyl (C=O) groups excluding carboxylic acids is 1. The van der Waals surface area contributed by atoms with Gasteiger partial charge in [-0.15, -0.1) is 0 Å². The number of nitro benzene ring substituents is 1. The number of nitrogens with zero attached hydrogens (tertiary/aromatic N) is 3. The zero-order chi connectivity index (χ0) is 29.3. The van der Waals surface area contributed by atoms with Crippen LogP contribution in [-0.4, -0.2) is 34.7 Å². The largest absolute Gasteiger partial charge is 0.502 e. The number of nitrogens with one attached hydrogen (secondary N) is 1. The number of thiazole rings is 1. The Morgan fingerprint density at radius 3 is 2.56 bits per heavy atom. The lowest BCUT2D eigenvalue weighted by Gasteiger charge is -2.26. The zero-order valence-electron chi connectivity index (χ0n) is 22.2. The first kappa shape index (κ1) is 27.3. The fourth-order valence-corrected chi connectivity index (χ4v) is 5.64. The number of ether oxygens (including phenoxy) is 2. The summed E-state index contributed by atoms with van der Waals surface area (Å²) in [4.78, 5) is 43.2. The highest BCUT2D eigenvalue weighted by atomic mass is 32.1. The van der Waals surface area contributed by atoms with Gasteiger partial charge in [0.25, 0.3) is 11.5 Å². The minimum Gasteiger partial charge on any atom is -0.502 e. The second-order valence-corrected chi connectivity index (χ2v) is 10.0. The lowest BCUT2D eigenvalue weighted by molar-refractivity contribution is -0.385. The van der Waals surface area contributed by atoms with Crippen LogP contribution in [0.4, 0.5) is 11.4 Å². The Kier molecular flexibility index (Phi) is 7.40. The molecule has 0 unspecified atom stereocenters. The highest BCUT2D eigenvalue weighted by Gasteiger charge is 2.34. The molecule has 0 bridgehead atoms. The van der Waals surface area contributed by atoms with Crippen molar-refractivity contribution in [3.63, 3.8) is 0 Å². The molecule has 5 rings (SSSR count). The Labute approximate surface area is 237 Å². The molecule has 41 heavy (non-hydrogen) atoms. The lowest BCUT2D eigenvalue weighted by Crippen LogP contribution is -2.40. The molecule has 208 valence electrons. The Morgan fingerprint density at radius 1 is 1.12 bits per heavy atom. The maximum atomic E-state index is 13.9. The van der Waals surface area contributed by atoms with Gasteiger partial charge in [0.2, 0.25) is 0 Å². The van der Waals surface area contributed by atoms with Gasteiger partial charge in [-0.3, -0.25) is 24.3 Å². The second-order valence-electron chi connectivity index (χ2n) is 9.02. The van der Waals surface area contributed by atoms with E-state index >= 15 is 0 Å². The third kappa shape index (κ3) is 5.20. The first-order valence-corrected chi connectivity index (χ1v) is 13.1. The van der Waals surface area contributed by atoms with Crippen molar-refractivity contribution in [2.24, 2.45) is 4.99 Å². The van der Waals surface area contributed by atoms with E-state index in [0.29, 0.717) is 38.8 Å². The van der Waals surface area contributed by atoms with Crippen LogP contribution >= 0.6 is 11.3 Å². The molecule has 2 N–H and O–H groups in total. The summed E-state index contributed by atoms with van der Waals surface area (Å²) >= 11 is 1.08. The van der Waals surface area contributed by atoms with E-state index in [9.17, 15) is 24.8 Å². The summed E-state index contributed by atoms with van der Waals surface area (Å²) in [6.45, 7) is 1.70. The zero-order valence-corrected chi connectivity index (χ0v) is 23.0. The van der Waals surface area contributed by atoms with Crippen LogP contribution in [0.1, 0.15) is 24.1 Å². The number of rotatable bonds is 7. The predicted molar refractivity (Wildman–Crippen MR) is 153 cm³/mol. The van der Waals surface area contributed by atoms with Crippen LogP contribution in [0.5, 0.6) is 17.2 Å². The summed E-state index contributed by atoms with van der Waals surface area (Å²) in [5, 5.41) is 24.0. The van der Waals surface area contributed by atoms with Crippen LogP contribution in [-0.2, 0) is 4.79 Å². The van der Waals surface area contributed by atoms with Crippen LogP contribution < -0.4 is 29.7 Å². The van der Waals surface area contributed by atoms with Gasteiger partial charge in [-0.25, -0.2) is 4.99 Å². The Morgan fingerprint density at radius 2 is 1.88 bits per heavy atom. The molecule has 3 aromatic carbocycles. The molecule has 0 spiro atoms. The van der Waals surface area contributed by atoms with E-state index in [1.165, 1.54) is 43.1 Å². The smallest absolute Gasteiger partial charge is 0.311 e. The van der Waals surface area contributed by atoms with Gasteiger partial charge < -0.3 is 19.9 Å². The molecule has 11 nitrogen and oxygen atoms in total. The van der Waals surface area contributed by atoms with Gasteiger partial charge >= 0.3 is 5.69 Å². The number of allylic oxidation sites excluding steroid dienone is 1. The van der Waals surface area contributed by atoms with E-state index in [4.69, 9.17) is 9.47 Å². The summed E-state index contributed by atoms with van der Waals surface area (Å²) in [5.74, 6) is 0.00869. The molecule has 1 amide bonds. The number of nitro groups is 1. The topological polar surface area (TPSA) is 145 Å². The fourth-order valence-electron chi connectivity index (χ4n) is 4.60. The number of hydrogen-bond acceptors (Lipinski definition) is 9. The molecule has 0 saturated heterocycles. The summed E-state index contributed by atoms with van der Waals surface area (Å²) in [6, 6.07) is 17.0. The molecule has 1 atom stereocenters. The van der Waals surface area contributed by atoms with Crippen LogP contribution in [0.2, 0.25) is 0 Å². The SMILES string of the molecule is COc1ccc([C@@H]2C(C(=O)Nc3ccccc3)=C(C)N=c3s/c(=C\c4ccc(O)c([N+](=O)[O-])c4)c(=O)n32)c(OC)c1. The van der Waals surface area contributed by atoms with Crippen molar-refractivity contribution in [1.82, 2.24) is 4.57 Å². The molecule has 4 aromatic rings. The van der Waals surface area contributed by atoms with E-state index in [-0.39, 0.29) is 10.1 Å². The van der Waals surface area contributed by atoms with Gasteiger partial charge in [-0.2, -0.15) is 0 Å². The maximum absolute atomic E-state index is 13.9. The van der Waals surface area contributed by atoms with E-state index in [1.54, 1.807) is 49.4 Å². The number of hydrogen-bond donors (Lipinski definition) is 2. The fraction of sp³-hybridized carbons (Fsp3) is 0.138. The molecular weight excluding hydrogens is 548 g/mol. The number of phenolic OH excluding ortho intramolecular Hbond substituents is 1. The molecule has 12 heteroatoms. The molecule has 0 saturated carbocycles. The average molecular weight is 573 g/mol. The monoisotopic (exact) mass is 572 g/mol. The summed E-state index contributed by atoms with van der Waals surface area (Å²) in [7, 11) is 3.01. The molecule has 2 heterocycles. The second kappa shape index (κ2) is 11.1. The van der Waals surface area contributed by atoms with Gasteiger partial charge in [0.15, 0.2) is 10.6 Å². The van der Waals surface area contributed by atoms with Crippen LogP contribution in [0.15, 0.2) is 87.8 Å². The van der Waals surface area contributed by atoms with E-state index in [0.717, 1.165) is 11.3 Å². The van der Waals surface area contributed by atoms with E-state index < -0.39 is 33.9 Å². The normalized spacial score (nSPS) is 14.7. The molecule has 0 fully saturated rings. The molecule has 1 aliphatic rings. The van der Waals surface area contributed by atoms with E-state index in [2.05, 4.69) is 10.3 Å². The highest BCUT2D eigenvalue weighted by Crippen LogP contribution is 2.37. The molecular formula is C29H24N4O7S. The van der Waals surface area contributed by atoms with Gasteiger partial charge in [-0.05, 0) is 48.9 Å². The third-order valence-corrected chi connectivity index (χ3v) is 7.51. The van der Waals surface area contributed by atoms with E-state index in [1.807, 2.05) is 6.07 Å². The van der Waals surface area contributed by atoms with Crippen molar-refractivity contribution in [1.29, 1.82) is 0 Å². The van der Waals surface area contributed by atoms with Crippen molar-refractivity contribution < 1.29 is 24.3 Å². The minimum atomic E-state index is -0.910. The molecule has 1 aromatic heterocycles. The minimum absolute atomic E-state index is 0.235. The summed E-state index contributed by atoms with van der Waals surface area (Å²) in [5.41, 5.74) is 1.17. The number of amides is 1. The van der Waals surface area contributed by atoms with Gasteiger partial charge in [0.1, 0.15) is 17.5 Å². The molecule has 0 aliphatic carbocycles. The lowest BCUT2D eigenvalue weighted by atomic mass is 9.94.